The number of nitrogens with zero attached hydrogens (tertiary/aromatic N) is 1. The zero-order chi connectivity index (χ0) is 20.3. The van der Waals surface area contributed by atoms with E-state index in [0.717, 1.165) is 17.1 Å². The number of rotatable bonds is 5. The highest BCUT2D eigenvalue weighted by Gasteiger charge is 2.17. The number of nitrogens with one attached hydrogen (secondary N) is 2. The van der Waals surface area contributed by atoms with Crippen LogP contribution in [-0.4, -0.2) is 22.9 Å². The van der Waals surface area contributed by atoms with Gasteiger partial charge in [-0.2, -0.15) is 0 Å². The number of carbonyl (C=O) groups excluding carboxylic acids is 2. The molecule has 1 heterocycles. The standard InChI is InChI=1S/C22H22ClN3O2/c1-4-24-21(27)16-6-5-7-18(13-16)25-22(28)20-12-14(2)26(15(20)3)19-10-8-17(23)9-11-19/h5-13H,4H2,1-3H3,(H,24,27)(H,25,28). The van der Waals surface area contributed by atoms with Crippen molar-refractivity contribution in [1.82, 2.24) is 9.88 Å². The zero-order valence-electron chi connectivity index (χ0n) is 16.0. The van der Waals surface area contributed by atoms with Gasteiger partial charge in [-0.3, -0.25) is 9.59 Å². The molecule has 0 aliphatic rings. The molecule has 2 aromatic carbocycles. The molecule has 0 unspecified atom stereocenters. The predicted molar refractivity (Wildman–Crippen MR) is 113 cm³/mol. The second-order valence-electron chi connectivity index (χ2n) is 6.49. The van der Waals surface area contributed by atoms with Crippen LogP contribution in [0.5, 0.6) is 0 Å². The molecule has 3 rings (SSSR count). The predicted octanol–water partition coefficient (Wildman–Crippen LogP) is 4.75. The first-order valence-electron chi connectivity index (χ1n) is 9.05. The van der Waals surface area contributed by atoms with Crippen LogP contribution in [0.25, 0.3) is 5.69 Å². The molecule has 0 aliphatic carbocycles. The van der Waals surface area contributed by atoms with E-state index in [4.69, 9.17) is 11.6 Å². The minimum absolute atomic E-state index is 0.167. The van der Waals surface area contributed by atoms with Crippen LogP contribution >= 0.6 is 11.6 Å². The van der Waals surface area contributed by atoms with Crippen LogP contribution in [0.1, 0.15) is 39.0 Å². The maximum absolute atomic E-state index is 12.8. The smallest absolute Gasteiger partial charge is 0.257 e. The van der Waals surface area contributed by atoms with Gasteiger partial charge >= 0.3 is 0 Å². The molecule has 144 valence electrons. The largest absolute Gasteiger partial charge is 0.352 e. The monoisotopic (exact) mass is 395 g/mol. The fourth-order valence-corrected chi connectivity index (χ4v) is 3.31. The minimum Gasteiger partial charge on any atom is -0.352 e. The Hall–Kier alpha value is -3.05. The third kappa shape index (κ3) is 4.10. The van der Waals surface area contributed by atoms with Gasteiger partial charge in [-0.05, 0) is 69.3 Å². The Balaban J connectivity index is 1.86. The van der Waals surface area contributed by atoms with Gasteiger partial charge in [0.05, 0.1) is 5.56 Å². The molecule has 0 bridgehead atoms. The lowest BCUT2D eigenvalue weighted by Crippen LogP contribution is -2.22. The number of halogens is 1. The third-order valence-electron chi connectivity index (χ3n) is 4.48. The first kappa shape index (κ1) is 19.7. The number of aromatic nitrogens is 1. The third-order valence-corrected chi connectivity index (χ3v) is 4.73. The van der Waals surface area contributed by atoms with Gasteiger partial charge in [0.1, 0.15) is 0 Å². The number of hydrogen-bond acceptors (Lipinski definition) is 2. The highest BCUT2D eigenvalue weighted by atomic mass is 35.5. The van der Waals surface area contributed by atoms with Crippen LogP contribution in [0, 0.1) is 13.8 Å². The van der Waals surface area contributed by atoms with Gasteiger partial charge in [-0.25, -0.2) is 0 Å². The Morgan fingerprint density at radius 1 is 1.00 bits per heavy atom. The van der Waals surface area contributed by atoms with Crippen molar-refractivity contribution in [2.75, 3.05) is 11.9 Å². The molecule has 0 saturated heterocycles. The molecular formula is C22H22ClN3O2. The SMILES string of the molecule is CCNC(=O)c1cccc(NC(=O)c2cc(C)n(-c3ccc(Cl)cc3)c2C)c1. The fraction of sp³-hybridized carbons (Fsp3) is 0.182. The Kier molecular flexibility index (Phi) is 5.85. The average Bonchev–Trinajstić information content (AvgIpc) is 2.97. The lowest BCUT2D eigenvalue weighted by molar-refractivity contribution is 0.0954. The molecule has 3 aromatic rings. The summed E-state index contributed by atoms with van der Waals surface area (Å²) in [5.41, 5.74) is 4.38. The average molecular weight is 396 g/mol. The number of carbonyl (C=O) groups is 2. The van der Waals surface area contributed by atoms with Crippen LogP contribution < -0.4 is 10.6 Å². The summed E-state index contributed by atoms with van der Waals surface area (Å²) in [5.74, 6) is -0.388. The second kappa shape index (κ2) is 8.31. The molecule has 0 spiro atoms. The van der Waals surface area contributed by atoms with Crippen molar-refractivity contribution in [2.24, 2.45) is 0 Å². The van der Waals surface area contributed by atoms with Crippen molar-refractivity contribution >= 4 is 29.1 Å². The van der Waals surface area contributed by atoms with Gasteiger partial charge in [0.25, 0.3) is 11.8 Å². The van der Waals surface area contributed by atoms with Crippen molar-refractivity contribution in [3.63, 3.8) is 0 Å². The molecule has 1 aromatic heterocycles. The van der Waals surface area contributed by atoms with Gasteiger partial charge in [0.2, 0.25) is 0 Å². The molecule has 5 nitrogen and oxygen atoms in total. The molecule has 28 heavy (non-hydrogen) atoms. The molecule has 0 fully saturated rings. The van der Waals surface area contributed by atoms with E-state index in [-0.39, 0.29) is 11.8 Å². The van der Waals surface area contributed by atoms with Crippen molar-refractivity contribution < 1.29 is 9.59 Å². The van der Waals surface area contributed by atoms with Crippen molar-refractivity contribution in [3.8, 4) is 5.69 Å². The summed E-state index contributed by atoms with van der Waals surface area (Å²) in [4.78, 5) is 24.8. The fourth-order valence-electron chi connectivity index (χ4n) is 3.18. The van der Waals surface area contributed by atoms with E-state index in [1.54, 1.807) is 24.3 Å². The highest BCUT2D eigenvalue weighted by molar-refractivity contribution is 6.30. The maximum Gasteiger partial charge on any atom is 0.257 e. The molecule has 0 radical (unpaired) electrons. The lowest BCUT2D eigenvalue weighted by Gasteiger charge is -2.11. The highest BCUT2D eigenvalue weighted by Crippen LogP contribution is 2.23. The van der Waals surface area contributed by atoms with E-state index >= 15 is 0 Å². The Morgan fingerprint density at radius 2 is 1.71 bits per heavy atom. The zero-order valence-corrected chi connectivity index (χ0v) is 16.8. The van der Waals surface area contributed by atoms with E-state index in [1.165, 1.54) is 0 Å². The number of amides is 2. The molecule has 2 amide bonds. The number of benzene rings is 2. The van der Waals surface area contributed by atoms with Crippen molar-refractivity contribution in [2.45, 2.75) is 20.8 Å². The Morgan fingerprint density at radius 3 is 2.39 bits per heavy atom. The van der Waals surface area contributed by atoms with E-state index in [1.807, 2.05) is 55.7 Å². The van der Waals surface area contributed by atoms with Gasteiger partial charge in [0, 0.05) is 39.9 Å². The summed E-state index contributed by atoms with van der Waals surface area (Å²) < 4.78 is 2.01. The first-order chi connectivity index (χ1) is 13.4. The summed E-state index contributed by atoms with van der Waals surface area (Å²) in [7, 11) is 0. The van der Waals surface area contributed by atoms with Crippen LogP contribution in [0.15, 0.2) is 54.6 Å². The van der Waals surface area contributed by atoms with Crippen LogP contribution in [-0.2, 0) is 0 Å². The molecule has 0 atom stereocenters. The Bertz CT molecular complexity index is 1020. The van der Waals surface area contributed by atoms with Gasteiger partial charge in [-0.1, -0.05) is 17.7 Å². The van der Waals surface area contributed by atoms with Crippen molar-refractivity contribution in [1.29, 1.82) is 0 Å². The van der Waals surface area contributed by atoms with E-state index in [9.17, 15) is 9.59 Å². The first-order valence-corrected chi connectivity index (χ1v) is 9.43. The second-order valence-corrected chi connectivity index (χ2v) is 6.93. The molecule has 0 saturated carbocycles. The molecule has 0 aliphatic heterocycles. The van der Waals surface area contributed by atoms with E-state index < -0.39 is 0 Å². The summed E-state index contributed by atoms with van der Waals surface area (Å²) in [6.07, 6.45) is 0. The van der Waals surface area contributed by atoms with Crippen LogP contribution in [0.3, 0.4) is 0 Å². The van der Waals surface area contributed by atoms with Crippen molar-refractivity contribution in [3.05, 3.63) is 82.1 Å². The molecule has 2 N–H and O–H groups in total. The maximum atomic E-state index is 12.8. The summed E-state index contributed by atoms with van der Waals surface area (Å²) in [5, 5.41) is 6.30. The summed E-state index contributed by atoms with van der Waals surface area (Å²) in [6.45, 7) is 6.27. The minimum atomic E-state index is -0.221. The van der Waals surface area contributed by atoms with Gasteiger partial charge in [0.15, 0.2) is 0 Å². The molecular weight excluding hydrogens is 374 g/mol. The van der Waals surface area contributed by atoms with E-state index in [0.29, 0.717) is 28.4 Å². The topological polar surface area (TPSA) is 63.1 Å². The molecule has 6 heteroatoms. The lowest BCUT2D eigenvalue weighted by atomic mass is 10.1. The number of hydrogen-bond donors (Lipinski definition) is 2. The number of anilines is 1. The number of aryl methyl sites for hydroxylation is 1. The normalized spacial score (nSPS) is 10.6. The van der Waals surface area contributed by atoms with Gasteiger partial charge in [-0.15, -0.1) is 0 Å². The summed E-state index contributed by atoms with van der Waals surface area (Å²) in [6, 6.07) is 16.2. The van der Waals surface area contributed by atoms with E-state index in [2.05, 4.69) is 10.6 Å². The quantitative estimate of drug-likeness (QED) is 0.654. The Labute approximate surface area is 169 Å². The van der Waals surface area contributed by atoms with Gasteiger partial charge < -0.3 is 15.2 Å². The van der Waals surface area contributed by atoms with Crippen LogP contribution in [0.2, 0.25) is 5.02 Å². The summed E-state index contributed by atoms with van der Waals surface area (Å²) >= 11 is 5.98. The van der Waals surface area contributed by atoms with Crippen LogP contribution in [0.4, 0.5) is 5.69 Å².